The van der Waals surface area contributed by atoms with Gasteiger partial charge in [-0.25, -0.2) is 0 Å². The molecule has 1 aromatic heterocycles. The molecule has 1 heterocycles. The van der Waals surface area contributed by atoms with E-state index in [1.165, 1.54) is 0 Å². The summed E-state index contributed by atoms with van der Waals surface area (Å²) in [5.74, 6) is 0.0118. The number of carbonyl (C=O) groups excluding carboxylic acids is 1. The van der Waals surface area contributed by atoms with Crippen molar-refractivity contribution in [2.24, 2.45) is 5.73 Å². The van der Waals surface area contributed by atoms with Gasteiger partial charge in [-0.05, 0) is 25.0 Å². The lowest BCUT2D eigenvalue weighted by atomic mass is 10.2. The van der Waals surface area contributed by atoms with E-state index < -0.39 is 0 Å². The fraction of sp³-hybridized carbons (Fsp3) is 0.417. The monoisotopic (exact) mass is 264 g/mol. The minimum atomic E-state index is 0.0118. The van der Waals surface area contributed by atoms with Crippen molar-refractivity contribution in [3.8, 4) is 0 Å². The Morgan fingerprint density at radius 1 is 1.67 bits per heavy atom. The predicted molar refractivity (Wildman–Crippen MR) is 74.6 cm³/mol. The molecule has 1 amide bonds. The molecule has 1 aliphatic rings. The fourth-order valence-electron chi connectivity index (χ4n) is 1.70. The highest BCUT2D eigenvalue weighted by atomic mass is 32.1. The smallest absolute Gasteiger partial charge is 0.239 e. The molecule has 0 saturated heterocycles. The van der Waals surface area contributed by atoms with Crippen LogP contribution in [0.3, 0.4) is 0 Å². The molecule has 1 saturated carbocycles. The summed E-state index contributed by atoms with van der Waals surface area (Å²) in [6.07, 6.45) is 3.80. The number of rotatable bonds is 5. The van der Waals surface area contributed by atoms with E-state index in [0.717, 1.165) is 18.5 Å². The van der Waals surface area contributed by atoms with E-state index in [1.54, 1.807) is 17.2 Å². The van der Waals surface area contributed by atoms with Crippen LogP contribution in [0, 0.1) is 0 Å². The number of hydrogen-bond acceptors (Lipinski definition) is 4. The number of hydrogen-bond donors (Lipinski definition) is 2. The molecule has 0 aromatic carbocycles. The number of carbonyl (C=O) groups is 1. The molecule has 3 N–H and O–H groups in total. The van der Waals surface area contributed by atoms with E-state index >= 15 is 0 Å². The number of nitrogens with zero attached hydrogens (tertiary/aromatic N) is 2. The first-order chi connectivity index (χ1) is 8.58. The second-order valence-electron chi connectivity index (χ2n) is 4.43. The number of amides is 1. The third-order valence-corrected chi connectivity index (χ3v) is 2.95. The van der Waals surface area contributed by atoms with Gasteiger partial charge in [-0.15, -0.1) is 0 Å². The highest BCUT2D eigenvalue weighted by Crippen LogP contribution is 2.19. The standard InChI is InChI=1S/C12H16N4OS/c1-16(7-10(17)15-8-4-5-8)9-3-2-6-14-11(9)12(13)18/h2-3,6,8H,4-5,7H2,1H3,(H2,13,18)(H,15,17). The first kappa shape index (κ1) is 12.8. The van der Waals surface area contributed by atoms with Crippen molar-refractivity contribution in [1.82, 2.24) is 10.3 Å². The lowest BCUT2D eigenvalue weighted by molar-refractivity contribution is -0.119. The van der Waals surface area contributed by atoms with Crippen LogP contribution in [0.25, 0.3) is 0 Å². The lowest BCUT2D eigenvalue weighted by Gasteiger charge is -2.20. The third kappa shape index (κ3) is 3.16. The SMILES string of the molecule is CN(CC(=O)NC1CC1)c1cccnc1C(N)=S. The molecular formula is C12H16N4OS. The van der Waals surface area contributed by atoms with Crippen LogP contribution in [0.2, 0.25) is 0 Å². The van der Waals surface area contributed by atoms with E-state index in [1.807, 2.05) is 13.1 Å². The van der Waals surface area contributed by atoms with E-state index in [9.17, 15) is 4.79 Å². The van der Waals surface area contributed by atoms with Crippen LogP contribution in [0.15, 0.2) is 18.3 Å². The molecule has 0 atom stereocenters. The summed E-state index contributed by atoms with van der Waals surface area (Å²) in [6.45, 7) is 0.276. The zero-order valence-electron chi connectivity index (χ0n) is 10.2. The third-order valence-electron chi connectivity index (χ3n) is 2.75. The van der Waals surface area contributed by atoms with Crippen molar-refractivity contribution in [1.29, 1.82) is 0 Å². The van der Waals surface area contributed by atoms with E-state index in [0.29, 0.717) is 11.7 Å². The van der Waals surface area contributed by atoms with Gasteiger partial charge in [-0.2, -0.15) is 0 Å². The Morgan fingerprint density at radius 3 is 3.00 bits per heavy atom. The summed E-state index contributed by atoms with van der Waals surface area (Å²) >= 11 is 4.95. The van der Waals surface area contributed by atoms with Crippen LogP contribution in [0.5, 0.6) is 0 Å². The Kier molecular flexibility index (Phi) is 3.76. The summed E-state index contributed by atoms with van der Waals surface area (Å²) in [4.78, 5) is 17.9. The van der Waals surface area contributed by atoms with Crippen molar-refractivity contribution >= 4 is 28.8 Å². The highest BCUT2D eigenvalue weighted by molar-refractivity contribution is 7.80. The topological polar surface area (TPSA) is 71.2 Å². The van der Waals surface area contributed by atoms with E-state index in [2.05, 4.69) is 10.3 Å². The van der Waals surface area contributed by atoms with Crippen LogP contribution >= 0.6 is 12.2 Å². The van der Waals surface area contributed by atoms with Gasteiger partial charge in [0, 0.05) is 19.3 Å². The molecule has 0 radical (unpaired) electrons. The minimum Gasteiger partial charge on any atom is -0.388 e. The van der Waals surface area contributed by atoms with Gasteiger partial charge >= 0.3 is 0 Å². The lowest BCUT2D eigenvalue weighted by Crippen LogP contribution is -2.37. The summed E-state index contributed by atoms with van der Waals surface area (Å²) in [5.41, 5.74) is 6.94. The Balaban J connectivity index is 2.05. The zero-order chi connectivity index (χ0) is 13.1. The van der Waals surface area contributed by atoms with E-state index in [4.69, 9.17) is 18.0 Å². The normalized spacial score (nSPS) is 14.1. The highest BCUT2D eigenvalue weighted by Gasteiger charge is 2.24. The van der Waals surface area contributed by atoms with Gasteiger partial charge in [0.05, 0.1) is 12.2 Å². The molecule has 0 bridgehead atoms. The van der Waals surface area contributed by atoms with Gasteiger partial charge in [0.15, 0.2) is 0 Å². The molecule has 0 unspecified atom stereocenters. The Bertz CT molecular complexity index is 473. The van der Waals surface area contributed by atoms with Gasteiger partial charge in [0.25, 0.3) is 0 Å². The summed E-state index contributed by atoms with van der Waals surface area (Å²) in [5, 5.41) is 2.94. The van der Waals surface area contributed by atoms with Crippen molar-refractivity contribution < 1.29 is 4.79 Å². The maximum Gasteiger partial charge on any atom is 0.239 e. The molecule has 96 valence electrons. The molecular weight excluding hydrogens is 248 g/mol. The van der Waals surface area contributed by atoms with Crippen molar-refractivity contribution in [3.63, 3.8) is 0 Å². The van der Waals surface area contributed by atoms with Crippen molar-refractivity contribution in [3.05, 3.63) is 24.0 Å². The number of pyridine rings is 1. The second kappa shape index (κ2) is 5.30. The maximum absolute atomic E-state index is 11.7. The average Bonchev–Trinajstić information content (AvgIpc) is 3.12. The van der Waals surface area contributed by atoms with E-state index in [-0.39, 0.29) is 17.4 Å². The minimum absolute atomic E-state index is 0.0118. The van der Waals surface area contributed by atoms with Gasteiger partial charge in [-0.3, -0.25) is 9.78 Å². The Morgan fingerprint density at radius 2 is 2.39 bits per heavy atom. The zero-order valence-corrected chi connectivity index (χ0v) is 11.0. The first-order valence-corrected chi connectivity index (χ1v) is 6.24. The largest absolute Gasteiger partial charge is 0.388 e. The maximum atomic E-state index is 11.7. The number of anilines is 1. The van der Waals surface area contributed by atoms with Gasteiger partial charge in [0.1, 0.15) is 10.7 Å². The van der Waals surface area contributed by atoms with Crippen molar-refractivity contribution in [2.45, 2.75) is 18.9 Å². The molecule has 1 aromatic rings. The van der Waals surface area contributed by atoms with Crippen LogP contribution in [0.1, 0.15) is 18.5 Å². The summed E-state index contributed by atoms with van der Waals surface area (Å²) in [7, 11) is 1.82. The Hall–Kier alpha value is -1.69. The quantitative estimate of drug-likeness (QED) is 0.755. The average molecular weight is 264 g/mol. The predicted octanol–water partition coefficient (Wildman–Crippen LogP) is 0.431. The molecule has 6 heteroatoms. The van der Waals surface area contributed by atoms with Crippen molar-refractivity contribution in [2.75, 3.05) is 18.5 Å². The molecule has 0 aliphatic heterocycles. The number of nitrogens with two attached hydrogens (primary N) is 1. The molecule has 1 fully saturated rings. The van der Waals surface area contributed by atoms with Gasteiger partial charge in [0.2, 0.25) is 5.91 Å². The molecule has 18 heavy (non-hydrogen) atoms. The van der Waals surface area contributed by atoms with Gasteiger partial charge < -0.3 is 16.0 Å². The summed E-state index contributed by atoms with van der Waals surface area (Å²) in [6, 6.07) is 4.02. The fourth-order valence-corrected chi connectivity index (χ4v) is 1.85. The molecule has 0 spiro atoms. The number of aromatic nitrogens is 1. The summed E-state index contributed by atoms with van der Waals surface area (Å²) < 4.78 is 0. The number of likely N-dealkylation sites (N-methyl/N-ethyl adjacent to an activating group) is 1. The number of nitrogens with one attached hydrogen (secondary N) is 1. The Labute approximate surface area is 111 Å². The van der Waals surface area contributed by atoms with Gasteiger partial charge in [-0.1, -0.05) is 12.2 Å². The molecule has 1 aliphatic carbocycles. The van der Waals surface area contributed by atoms with Crippen LogP contribution < -0.4 is 16.0 Å². The van der Waals surface area contributed by atoms with Crippen LogP contribution in [-0.2, 0) is 4.79 Å². The molecule has 2 rings (SSSR count). The number of thiocarbonyl (C=S) groups is 1. The molecule has 5 nitrogen and oxygen atoms in total. The second-order valence-corrected chi connectivity index (χ2v) is 4.87. The van der Waals surface area contributed by atoms with Crippen LogP contribution in [-0.4, -0.2) is 35.5 Å². The first-order valence-electron chi connectivity index (χ1n) is 5.83. The van der Waals surface area contributed by atoms with Crippen LogP contribution in [0.4, 0.5) is 5.69 Å².